The minimum atomic E-state index is -1.17. The van der Waals surface area contributed by atoms with Gasteiger partial charge in [-0.25, -0.2) is 13.2 Å². The Morgan fingerprint density at radius 3 is 2.41 bits per heavy atom. The maximum Gasteiger partial charge on any atom is 0.238 e. The first kappa shape index (κ1) is 13.1. The third-order valence-corrected chi connectivity index (χ3v) is 1.78. The van der Waals surface area contributed by atoms with E-state index in [1.165, 1.54) is 0 Å². The highest BCUT2D eigenvalue weighted by Crippen LogP contribution is 2.19. The van der Waals surface area contributed by atoms with Crippen LogP contribution < -0.4 is 10.6 Å². The Morgan fingerprint density at radius 2 is 1.88 bits per heavy atom. The van der Waals surface area contributed by atoms with Gasteiger partial charge in [0.05, 0.1) is 13.1 Å². The summed E-state index contributed by atoms with van der Waals surface area (Å²) < 4.78 is 38.8. The van der Waals surface area contributed by atoms with Crippen molar-refractivity contribution in [3.8, 4) is 12.3 Å². The van der Waals surface area contributed by atoms with Gasteiger partial charge in [-0.3, -0.25) is 10.1 Å². The van der Waals surface area contributed by atoms with Crippen molar-refractivity contribution in [1.82, 2.24) is 5.32 Å². The Kier molecular flexibility index (Phi) is 4.55. The zero-order chi connectivity index (χ0) is 12.8. The van der Waals surface area contributed by atoms with Crippen LogP contribution in [0.5, 0.6) is 0 Å². The maximum atomic E-state index is 13.1. The molecule has 0 aliphatic rings. The Hall–Kier alpha value is -2.00. The summed E-state index contributed by atoms with van der Waals surface area (Å²) >= 11 is 0. The van der Waals surface area contributed by atoms with E-state index in [1.807, 2.05) is 5.32 Å². The molecule has 1 aromatic rings. The number of carbonyl (C=O) groups excluding carboxylic acids is 1. The van der Waals surface area contributed by atoms with E-state index >= 15 is 0 Å². The van der Waals surface area contributed by atoms with Crippen molar-refractivity contribution in [2.45, 2.75) is 0 Å². The number of terminal acetylenes is 1. The number of halogens is 3. The highest BCUT2D eigenvalue weighted by molar-refractivity contribution is 5.92. The average molecular weight is 242 g/mol. The number of anilines is 1. The lowest BCUT2D eigenvalue weighted by Gasteiger charge is -2.07. The summed E-state index contributed by atoms with van der Waals surface area (Å²) in [6.45, 7) is -0.0394. The lowest BCUT2D eigenvalue weighted by molar-refractivity contribution is -0.115. The quantitative estimate of drug-likeness (QED) is 0.616. The summed E-state index contributed by atoms with van der Waals surface area (Å²) in [5.41, 5.74) is -0.682. The summed E-state index contributed by atoms with van der Waals surface area (Å²) in [6.07, 6.45) is 4.93. The van der Waals surface area contributed by atoms with E-state index in [0.29, 0.717) is 12.1 Å². The number of carbonyl (C=O) groups is 1. The molecule has 0 bridgehead atoms. The monoisotopic (exact) mass is 242 g/mol. The van der Waals surface area contributed by atoms with E-state index in [0.717, 1.165) is 0 Å². The predicted molar refractivity (Wildman–Crippen MR) is 56.6 cm³/mol. The summed E-state index contributed by atoms with van der Waals surface area (Å²) in [5.74, 6) is -1.85. The second kappa shape index (κ2) is 5.92. The Bertz CT molecular complexity index is 445. The Morgan fingerprint density at radius 1 is 1.29 bits per heavy atom. The molecule has 1 amide bonds. The molecule has 0 radical (unpaired) electrons. The fourth-order valence-corrected chi connectivity index (χ4v) is 1.09. The van der Waals surface area contributed by atoms with Crippen LogP contribution in [-0.4, -0.2) is 19.0 Å². The molecule has 0 aliphatic carbocycles. The number of rotatable bonds is 4. The van der Waals surface area contributed by atoms with E-state index in [4.69, 9.17) is 6.42 Å². The van der Waals surface area contributed by atoms with Crippen LogP contribution in [0.2, 0.25) is 0 Å². The molecule has 0 aliphatic heterocycles. The molecule has 1 rings (SSSR count). The zero-order valence-electron chi connectivity index (χ0n) is 8.69. The molecule has 0 aromatic heterocycles. The molecular weight excluding hydrogens is 233 g/mol. The summed E-state index contributed by atoms with van der Waals surface area (Å²) in [6, 6.07) is 0.959. The van der Waals surface area contributed by atoms with Crippen LogP contribution in [0, 0.1) is 29.8 Å². The number of nitrogens with one attached hydrogen (secondary N) is 2. The highest BCUT2D eigenvalue weighted by atomic mass is 19.1. The smallest absolute Gasteiger partial charge is 0.238 e. The fourth-order valence-electron chi connectivity index (χ4n) is 1.09. The van der Waals surface area contributed by atoms with Crippen LogP contribution in [0.4, 0.5) is 18.9 Å². The second-order valence-electron chi connectivity index (χ2n) is 3.10. The van der Waals surface area contributed by atoms with Crippen molar-refractivity contribution in [2.75, 3.05) is 18.4 Å². The van der Waals surface area contributed by atoms with E-state index in [-0.39, 0.29) is 13.1 Å². The average Bonchev–Trinajstić information content (AvgIpc) is 2.24. The Balaban J connectivity index is 2.69. The second-order valence-corrected chi connectivity index (χ2v) is 3.10. The molecule has 1 aromatic carbocycles. The van der Waals surface area contributed by atoms with Gasteiger partial charge in [-0.15, -0.1) is 6.42 Å². The topological polar surface area (TPSA) is 41.1 Å². The predicted octanol–water partition coefficient (Wildman–Crippen LogP) is 1.27. The third kappa shape index (κ3) is 3.81. The third-order valence-electron chi connectivity index (χ3n) is 1.78. The zero-order valence-corrected chi connectivity index (χ0v) is 8.69. The minimum Gasteiger partial charge on any atom is -0.320 e. The molecule has 2 N–H and O–H groups in total. The largest absolute Gasteiger partial charge is 0.320 e. The van der Waals surface area contributed by atoms with Gasteiger partial charge in [0.25, 0.3) is 0 Å². The van der Waals surface area contributed by atoms with Crippen LogP contribution in [0.1, 0.15) is 0 Å². The maximum absolute atomic E-state index is 13.1. The lowest BCUT2D eigenvalue weighted by atomic mass is 10.2. The molecule has 0 fully saturated rings. The first-order valence-electron chi connectivity index (χ1n) is 4.63. The molecule has 0 unspecified atom stereocenters. The first-order valence-corrected chi connectivity index (χ1v) is 4.63. The van der Waals surface area contributed by atoms with Crippen molar-refractivity contribution in [3.63, 3.8) is 0 Å². The van der Waals surface area contributed by atoms with Crippen LogP contribution in [-0.2, 0) is 4.79 Å². The number of hydrogen-bond donors (Lipinski definition) is 2. The molecule has 17 heavy (non-hydrogen) atoms. The lowest BCUT2D eigenvalue weighted by Crippen LogP contribution is -2.28. The van der Waals surface area contributed by atoms with Gasteiger partial charge in [0, 0.05) is 12.1 Å². The summed E-state index contributed by atoms with van der Waals surface area (Å²) in [4.78, 5) is 11.2. The molecule has 0 atom stereocenters. The van der Waals surface area contributed by atoms with Gasteiger partial charge in [-0.1, -0.05) is 5.92 Å². The van der Waals surface area contributed by atoms with Gasteiger partial charge in [0.15, 0.2) is 11.6 Å². The van der Waals surface area contributed by atoms with E-state index in [2.05, 4.69) is 11.2 Å². The van der Waals surface area contributed by atoms with Gasteiger partial charge in [0.2, 0.25) is 5.91 Å². The van der Waals surface area contributed by atoms with E-state index in [1.54, 1.807) is 0 Å². The van der Waals surface area contributed by atoms with Gasteiger partial charge >= 0.3 is 0 Å². The molecule has 0 spiro atoms. The van der Waals surface area contributed by atoms with Crippen molar-refractivity contribution in [3.05, 3.63) is 29.6 Å². The van der Waals surface area contributed by atoms with Crippen LogP contribution in [0.25, 0.3) is 0 Å². The SMILES string of the molecule is C#CCNCC(=O)Nc1c(F)cc(F)cc1F. The highest BCUT2D eigenvalue weighted by Gasteiger charge is 2.13. The molecule has 3 nitrogen and oxygen atoms in total. The van der Waals surface area contributed by atoms with Crippen molar-refractivity contribution in [2.24, 2.45) is 0 Å². The van der Waals surface area contributed by atoms with Crippen molar-refractivity contribution < 1.29 is 18.0 Å². The van der Waals surface area contributed by atoms with Crippen LogP contribution >= 0.6 is 0 Å². The summed E-state index contributed by atoms with van der Waals surface area (Å²) in [5, 5.41) is 4.52. The fraction of sp³-hybridized carbons (Fsp3) is 0.182. The minimum absolute atomic E-state index is 0.155. The molecule has 90 valence electrons. The standard InChI is InChI=1S/C11H9F3N2O/c1-2-3-15-6-10(17)16-11-8(13)4-7(12)5-9(11)14/h1,4-5,15H,3,6H2,(H,16,17). The molecule has 6 heteroatoms. The van der Waals surface area contributed by atoms with Crippen molar-refractivity contribution in [1.29, 1.82) is 0 Å². The van der Waals surface area contributed by atoms with E-state index < -0.39 is 29.0 Å². The van der Waals surface area contributed by atoms with E-state index in [9.17, 15) is 18.0 Å². The van der Waals surface area contributed by atoms with Gasteiger partial charge in [0.1, 0.15) is 11.5 Å². The summed E-state index contributed by atoms with van der Waals surface area (Å²) in [7, 11) is 0. The number of amides is 1. The van der Waals surface area contributed by atoms with Gasteiger partial charge in [-0.05, 0) is 0 Å². The molecule has 0 heterocycles. The molecule has 0 saturated heterocycles. The van der Waals surface area contributed by atoms with Crippen LogP contribution in [0.3, 0.4) is 0 Å². The van der Waals surface area contributed by atoms with Gasteiger partial charge in [-0.2, -0.15) is 0 Å². The van der Waals surface area contributed by atoms with Crippen LogP contribution in [0.15, 0.2) is 12.1 Å². The molecule has 0 saturated carbocycles. The van der Waals surface area contributed by atoms with Gasteiger partial charge < -0.3 is 5.32 Å². The molecular formula is C11H9F3N2O. The van der Waals surface area contributed by atoms with Crippen molar-refractivity contribution >= 4 is 11.6 Å². The number of benzene rings is 1. The first-order chi connectivity index (χ1) is 8.04. The number of hydrogen-bond acceptors (Lipinski definition) is 2. The Labute approximate surface area is 96.0 Å². The normalized spacial score (nSPS) is 9.76.